The van der Waals surface area contributed by atoms with Gasteiger partial charge in [-0.05, 0) is 70.2 Å². The lowest BCUT2D eigenvalue weighted by molar-refractivity contribution is -0.120. The molecule has 8 heteroatoms. The van der Waals surface area contributed by atoms with Crippen LogP contribution in [0.4, 0.5) is 5.69 Å². The minimum Gasteiger partial charge on any atom is -0.355 e. The normalized spacial score (nSPS) is 17.0. The molecule has 4 rings (SSSR count). The Hall–Kier alpha value is -3.23. The number of amides is 1. The summed E-state index contributed by atoms with van der Waals surface area (Å²) in [6.07, 6.45) is 4.67. The first-order valence-electron chi connectivity index (χ1n) is 12.2. The highest BCUT2D eigenvalue weighted by Crippen LogP contribution is 2.30. The van der Waals surface area contributed by atoms with Crippen LogP contribution in [0, 0.1) is 40.5 Å². The van der Waals surface area contributed by atoms with Crippen molar-refractivity contribution in [3.05, 3.63) is 75.7 Å². The largest absolute Gasteiger partial charge is 0.355 e. The maximum Gasteiger partial charge on any atom is 0.248 e. The van der Waals surface area contributed by atoms with Gasteiger partial charge in [0.1, 0.15) is 5.69 Å². The molecular formula is C28H33N3O4S. The molecule has 1 aliphatic heterocycles. The molecule has 0 bridgehead atoms. The second kappa shape index (κ2) is 10.4. The number of benzene rings is 2. The molecule has 190 valence electrons. The van der Waals surface area contributed by atoms with Gasteiger partial charge in [0, 0.05) is 18.8 Å². The molecule has 0 spiro atoms. The maximum absolute atomic E-state index is 13.7. The van der Waals surface area contributed by atoms with E-state index in [2.05, 4.69) is 10.5 Å². The van der Waals surface area contributed by atoms with Crippen LogP contribution in [-0.2, 0) is 14.8 Å². The average Bonchev–Trinajstić information content (AvgIpc) is 3.22. The first-order chi connectivity index (χ1) is 17.1. The third-order valence-electron chi connectivity index (χ3n) is 6.62. The molecule has 36 heavy (non-hydrogen) atoms. The SMILES string of the molecule is Cc1ccc(C=Cc2onc(C)c2S(=O)(=O)N2CCCC(C(=O)Nc3c(C)cc(C)cc3C)C2)cc1. The van der Waals surface area contributed by atoms with E-state index in [0.29, 0.717) is 25.1 Å². The van der Waals surface area contributed by atoms with E-state index < -0.39 is 15.9 Å². The highest BCUT2D eigenvalue weighted by atomic mass is 32.2. The topological polar surface area (TPSA) is 92.5 Å². The number of anilines is 1. The Balaban J connectivity index is 1.54. The smallest absolute Gasteiger partial charge is 0.248 e. The third kappa shape index (κ3) is 5.44. The molecule has 1 unspecified atom stereocenters. The molecule has 0 aliphatic carbocycles. The van der Waals surface area contributed by atoms with E-state index in [1.807, 2.05) is 64.1 Å². The summed E-state index contributed by atoms with van der Waals surface area (Å²) in [5.74, 6) is -0.419. The molecule has 1 N–H and O–H groups in total. The zero-order chi connectivity index (χ0) is 26.0. The third-order valence-corrected chi connectivity index (χ3v) is 8.64. The van der Waals surface area contributed by atoms with E-state index in [1.54, 1.807) is 19.1 Å². The molecule has 3 aromatic rings. The number of sulfonamides is 1. The summed E-state index contributed by atoms with van der Waals surface area (Å²) in [6, 6.07) is 11.9. The summed E-state index contributed by atoms with van der Waals surface area (Å²) in [5.41, 5.74) is 6.28. The summed E-state index contributed by atoms with van der Waals surface area (Å²) in [7, 11) is -3.91. The average molecular weight is 508 g/mol. The van der Waals surface area contributed by atoms with Gasteiger partial charge in [-0.25, -0.2) is 8.42 Å². The predicted octanol–water partition coefficient (Wildman–Crippen LogP) is 5.43. The van der Waals surface area contributed by atoms with E-state index in [0.717, 1.165) is 33.5 Å². The van der Waals surface area contributed by atoms with Gasteiger partial charge in [-0.3, -0.25) is 4.79 Å². The maximum atomic E-state index is 13.7. The first kappa shape index (κ1) is 25.9. The van der Waals surface area contributed by atoms with Crippen molar-refractivity contribution in [3.63, 3.8) is 0 Å². The van der Waals surface area contributed by atoms with Gasteiger partial charge in [-0.15, -0.1) is 0 Å². The van der Waals surface area contributed by atoms with Crippen molar-refractivity contribution >= 4 is 33.8 Å². The molecule has 7 nitrogen and oxygen atoms in total. The summed E-state index contributed by atoms with van der Waals surface area (Å²) in [4.78, 5) is 13.2. The van der Waals surface area contributed by atoms with Crippen LogP contribution in [0.5, 0.6) is 0 Å². The van der Waals surface area contributed by atoms with Gasteiger partial charge in [0.15, 0.2) is 10.7 Å². The van der Waals surface area contributed by atoms with Crippen LogP contribution in [0.15, 0.2) is 45.8 Å². The fraction of sp³-hybridized carbons (Fsp3) is 0.357. The number of nitrogens with zero attached hydrogens (tertiary/aromatic N) is 2. The number of hydrogen-bond acceptors (Lipinski definition) is 5. The molecule has 1 amide bonds. The number of carbonyl (C=O) groups is 1. The van der Waals surface area contributed by atoms with E-state index in [4.69, 9.17) is 4.52 Å². The summed E-state index contributed by atoms with van der Waals surface area (Å²) >= 11 is 0. The lowest BCUT2D eigenvalue weighted by Gasteiger charge is -2.31. The van der Waals surface area contributed by atoms with Gasteiger partial charge < -0.3 is 9.84 Å². The van der Waals surface area contributed by atoms with Crippen LogP contribution in [0.1, 0.15) is 52.1 Å². The van der Waals surface area contributed by atoms with Crippen molar-refractivity contribution in [2.75, 3.05) is 18.4 Å². The number of piperidine rings is 1. The fourth-order valence-electron chi connectivity index (χ4n) is 4.75. The molecule has 0 saturated carbocycles. The Morgan fingerprint density at radius 2 is 1.69 bits per heavy atom. The van der Waals surface area contributed by atoms with Crippen LogP contribution in [0.3, 0.4) is 0 Å². The Bertz CT molecular complexity index is 1380. The lowest BCUT2D eigenvalue weighted by atomic mass is 9.98. The number of aromatic nitrogens is 1. The molecule has 1 saturated heterocycles. The molecule has 1 aliphatic rings. The second-order valence-electron chi connectivity index (χ2n) is 9.67. The molecule has 2 heterocycles. The highest BCUT2D eigenvalue weighted by molar-refractivity contribution is 7.89. The lowest BCUT2D eigenvalue weighted by Crippen LogP contribution is -2.44. The number of hydrogen-bond donors (Lipinski definition) is 1. The van der Waals surface area contributed by atoms with Crippen LogP contribution in [0.2, 0.25) is 0 Å². The molecule has 2 aromatic carbocycles. The second-order valence-corrected chi connectivity index (χ2v) is 11.5. The standard InChI is InChI=1S/C28H33N3O4S/c1-18-8-10-23(11-9-18)12-13-25-27(22(5)30-35-25)36(33,34)31-14-6-7-24(17-31)28(32)29-26-20(3)15-19(2)16-21(26)4/h8-13,15-16,24H,6-7,14,17H2,1-5H3,(H,29,32). The number of rotatable bonds is 6. The molecule has 1 aromatic heterocycles. The molecule has 0 radical (unpaired) electrons. The summed E-state index contributed by atoms with van der Waals surface area (Å²) in [5, 5.41) is 6.97. The van der Waals surface area contributed by atoms with E-state index in [-0.39, 0.29) is 23.1 Å². The van der Waals surface area contributed by atoms with E-state index in [1.165, 1.54) is 4.31 Å². The Morgan fingerprint density at radius 1 is 1.03 bits per heavy atom. The van der Waals surface area contributed by atoms with Gasteiger partial charge in [-0.1, -0.05) is 58.8 Å². The molecule has 1 atom stereocenters. The van der Waals surface area contributed by atoms with Gasteiger partial charge in [-0.2, -0.15) is 4.31 Å². The quantitative estimate of drug-likeness (QED) is 0.481. The van der Waals surface area contributed by atoms with Gasteiger partial charge in [0.2, 0.25) is 15.9 Å². The van der Waals surface area contributed by atoms with Crippen LogP contribution in [0.25, 0.3) is 12.2 Å². The molecular weight excluding hydrogens is 474 g/mol. The summed E-state index contributed by atoms with van der Waals surface area (Å²) < 4.78 is 34.1. The summed E-state index contributed by atoms with van der Waals surface area (Å²) in [6.45, 7) is 10.0. The van der Waals surface area contributed by atoms with Gasteiger partial charge in [0.05, 0.1) is 5.92 Å². The number of nitrogens with one attached hydrogen (secondary N) is 1. The van der Waals surface area contributed by atoms with Crippen molar-refractivity contribution in [2.24, 2.45) is 5.92 Å². The van der Waals surface area contributed by atoms with Crippen LogP contribution < -0.4 is 5.32 Å². The van der Waals surface area contributed by atoms with Crippen molar-refractivity contribution in [3.8, 4) is 0 Å². The van der Waals surface area contributed by atoms with Crippen molar-refractivity contribution in [1.29, 1.82) is 0 Å². The zero-order valence-corrected chi connectivity index (χ0v) is 22.3. The van der Waals surface area contributed by atoms with Gasteiger partial charge >= 0.3 is 0 Å². The minimum atomic E-state index is -3.91. The number of carbonyl (C=O) groups excluding carboxylic acids is 1. The van der Waals surface area contributed by atoms with E-state index >= 15 is 0 Å². The van der Waals surface area contributed by atoms with Crippen molar-refractivity contribution in [1.82, 2.24) is 9.46 Å². The van der Waals surface area contributed by atoms with Crippen molar-refractivity contribution in [2.45, 2.75) is 52.4 Å². The fourth-order valence-corrected chi connectivity index (χ4v) is 6.53. The van der Waals surface area contributed by atoms with Crippen LogP contribution >= 0.6 is 0 Å². The van der Waals surface area contributed by atoms with Gasteiger partial charge in [0.25, 0.3) is 0 Å². The van der Waals surface area contributed by atoms with E-state index in [9.17, 15) is 13.2 Å². The number of aryl methyl sites for hydroxylation is 5. The zero-order valence-electron chi connectivity index (χ0n) is 21.5. The first-order valence-corrected chi connectivity index (χ1v) is 13.6. The highest BCUT2D eigenvalue weighted by Gasteiger charge is 2.37. The predicted molar refractivity (Wildman–Crippen MR) is 142 cm³/mol. The Labute approximate surface area is 213 Å². The van der Waals surface area contributed by atoms with Crippen molar-refractivity contribution < 1.29 is 17.7 Å². The minimum absolute atomic E-state index is 0.0529. The molecule has 1 fully saturated rings. The monoisotopic (exact) mass is 507 g/mol. The Morgan fingerprint density at radius 3 is 2.36 bits per heavy atom. The van der Waals surface area contributed by atoms with Crippen LogP contribution in [-0.4, -0.2) is 36.9 Å². The Kier molecular flexibility index (Phi) is 7.47.